The van der Waals surface area contributed by atoms with E-state index in [0.717, 1.165) is 12.0 Å². The maximum absolute atomic E-state index is 13.2. The number of carbonyl (C=O) groups excluding carboxylic acids is 3. The summed E-state index contributed by atoms with van der Waals surface area (Å²) in [5.41, 5.74) is 6.32. The number of piperidine rings is 1. The summed E-state index contributed by atoms with van der Waals surface area (Å²) in [4.78, 5) is 42.0. The number of primary amides is 1. The van der Waals surface area contributed by atoms with Crippen molar-refractivity contribution in [2.45, 2.75) is 25.8 Å². The molecule has 3 amide bonds. The quantitative estimate of drug-likeness (QED) is 0.792. The number of nitrogens with two attached hydrogens (primary N) is 1. The Hall–Kier alpha value is -3.29. The van der Waals surface area contributed by atoms with Crippen molar-refractivity contribution >= 4 is 23.4 Å². The van der Waals surface area contributed by atoms with E-state index in [9.17, 15) is 18.8 Å². The summed E-state index contributed by atoms with van der Waals surface area (Å²) in [6, 6.07) is 7.01. The highest BCUT2D eigenvalue weighted by molar-refractivity contribution is 6.39. The van der Waals surface area contributed by atoms with Crippen molar-refractivity contribution in [1.29, 1.82) is 0 Å². The zero-order valence-corrected chi connectivity index (χ0v) is 15.4. The van der Waals surface area contributed by atoms with Crippen molar-refractivity contribution in [2.75, 3.05) is 11.9 Å². The molecule has 1 aromatic carbocycles. The van der Waals surface area contributed by atoms with Gasteiger partial charge in [0.2, 0.25) is 5.91 Å². The average molecular weight is 384 g/mol. The number of carbonyl (C=O) groups is 3. The molecule has 8 heteroatoms. The number of nitrogens with one attached hydrogen (secondary N) is 1. The van der Waals surface area contributed by atoms with Gasteiger partial charge in [-0.25, -0.2) is 4.39 Å². The average Bonchev–Trinajstić information content (AvgIpc) is 2.68. The number of rotatable bonds is 3. The van der Waals surface area contributed by atoms with Crippen molar-refractivity contribution in [3.63, 3.8) is 0 Å². The van der Waals surface area contributed by atoms with Gasteiger partial charge in [-0.1, -0.05) is 19.1 Å². The summed E-state index contributed by atoms with van der Waals surface area (Å²) < 4.78 is 13.2. The van der Waals surface area contributed by atoms with Crippen LogP contribution in [0.25, 0.3) is 0 Å². The Kier molecular flexibility index (Phi) is 5.67. The van der Waals surface area contributed by atoms with Gasteiger partial charge >= 0.3 is 11.8 Å². The molecule has 3 rings (SSSR count). The lowest BCUT2D eigenvalue weighted by Gasteiger charge is -2.38. The number of hydrogen-bond acceptors (Lipinski definition) is 4. The molecule has 1 saturated heterocycles. The molecule has 0 aliphatic carbocycles. The van der Waals surface area contributed by atoms with Gasteiger partial charge in [-0.3, -0.25) is 19.4 Å². The molecular weight excluding hydrogens is 363 g/mol. The lowest BCUT2D eigenvalue weighted by atomic mass is 9.90. The Bertz CT molecular complexity index is 901. The minimum absolute atomic E-state index is 0.126. The third-order valence-corrected chi connectivity index (χ3v) is 4.81. The lowest BCUT2D eigenvalue weighted by Crippen LogP contribution is -2.46. The molecule has 0 spiro atoms. The molecule has 146 valence electrons. The van der Waals surface area contributed by atoms with E-state index in [2.05, 4.69) is 10.3 Å². The number of amides is 3. The Morgan fingerprint density at radius 1 is 1.18 bits per heavy atom. The van der Waals surface area contributed by atoms with E-state index in [4.69, 9.17) is 5.73 Å². The molecule has 2 aromatic rings. The van der Waals surface area contributed by atoms with E-state index in [1.165, 1.54) is 35.5 Å². The zero-order chi connectivity index (χ0) is 20.3. The number of benzene rings is 1. The lowest BCUT2D eigenvalue weighted by molar-refractivity contribution is -0.146. The van der Waals surface area contributed by atoms with Crippen LogP contribution in [0.1, 0.15) is 41.7 Å². The molecule has 2 heterocycles. The first kappa shape index (κ1) is 19.5. The Morgan fingerprint density at radius 2 is 1.89 bits per heavy atom. The predicted molar refractivity (Wildman–Crippen MR) is 101 cm³/mol. The van der Waals surface area contributed by atoms with E-state index >= 15 is 0 Å². The van der Waals surface area contributed by atoms with Crippen LogP contribution in [-0.2, 0) is 9.59 Å². The minimum Gasteiger partial charge on any atom is -0.366 e. The summed E-state index contributed by atoms with van der Waals surface area (Å²) in [6.45, 7) is 2.44. The van der Waals surface area contributed by atoms with Gasteiger partial charge in [-0.05, 0) is 42.5 Å². The van der Waals surface area contributed by atoms with Crippen LogP contribution >= 0.6 is 0 Å². The minimum atomic E-state index is -0.829. The topological polar surface area (TPSA) is 105 Å². The summed E-state index contributed by atoms with van der Waals surface area (Å²) in [6.07, 6.45) is 4.19. The number of pyridine rings is 1. The highest BCUT2D eigenvalue weighted by atomic mass is 19.1. The Labute approximate surface area is 161 Å². The van der Waals surface area contributed by atoms with E-state index in [1.54, 1.807) is 12.1 Å². The molecule has 7 nitrogen and oxygen atoms in total. The van der Waals surface area contributed by atoms with Gasteiger partial charge in [0, 0.05) is 12.7 Å². The van der Waals surface area contributed by atoms with Crippen LogP contribution in [0.5, 0.6) is 0 Å². The summed E-state index contributed by atoms with van der Waals surface area (Å²) in [5.74, 6) is -2.31. The number of halogens is 1. The zero-order valence-electron chi connectivity index (χ0n) is 15.4. The predicted octanol–water partition coefficient (Wildman–Crippen LogP) is 2.26. The van der Waals surface area contributed by atoms with Crippen molar-refractivity contribution < 1.29 is 18.8 Å². The highest BCUT2D eigenvalue weighted by Crippen LogP contribution is 2.33. The summed E-state index contributed by atoms with van der Waals surface area (Å²) >= 11 is 0. The number of nitrogens with zero attached hydrogens (tertiary/aromatic N) is 2. The van der Waals surface area contributed by atoms with E-state index in [0.29, 0.717) is 13.0 Å². The molecule has 1 aromatic heterocycles. The van der Waals surface area contributed by atoms with E-state index in [1.807, 2.05) is 6.92 Å². The molecule has 0 unspecified atom stereocenters. The van der Waals surface area contributed by atoms with Crippen LogP contribution in [0.2, 0.25) is 0 Å². The molecule has 0 saturated carbocycles. The van der Waals surface area contributed by atoms with Crippen LogP contribution in [0, 0.1) is 11.7 Å². The molecule has 28 heavy (non-hydrogen) atoms. The molecule has 0 bridgehead atoms. The van der Waals surface area contributed by atoms with Crippen molar-refractivity contribution in [1.82, 2.24) is 9.88 Å². The number of aromatic nitrogens is 1. The first-order valence-electron chi connectivity index (χ1n) is 8.97. The third kappa shape index (κ3) is 4.33. The molecule has 1 aliphatic heterocycles. The monoisotopic (exact) mass is 384 g/mol. The molecule has 0 radical (unpaired) electrons. The summed E-state index contributed by atoms with van der Waals surface area (Å²) in [5, 5.41) is 2.47. The van der Waals surface area contributed by atoms with Crippen LogP contribution in [0.4, 0.5) is 10.1 Å². The van der Waals surface area contributed by atoms with Crippen molar-refractivity contribution in [3.05, 3.63) is 59.7 Å². The third-order valence-electron chi connectivity index (χ3n) is 4.81. The van der Waals surface area contributed by atoms with Crippen LogP contribution < -0.4 is 11.1 Å². The maximum Gasteiger partial charge on any atom is 0.313 e. The Balaban J connectivity index is 1.79. The van der Waals surface area contributed by atoms with Crippen LogP contribution in [-0.4, -0.2) is 34.2 Å². The second-order valence-corrected chi connectivity index (χ2v) is 6.99. The highest BCUT2D eigenvalue weighted by Gasteiger charge is 2.34. The fraction of sp³-hybridized carbons (Fsp3) is 0.300. The molecular formula is C20H21FN4O3. The van der Waals surface area contributed by atoms with Gasteiger partial charge in [0.05, 0.1) is 23.5 Å². The molecule has 3 N–H and O–H groups in total. The molecule has 1 fully saturated rings. The van der Waals surface area contributed by atoms with Gasteiger partial charge in [-0.15, -0.1) is 0 Å². The number of hydrogen-bond donors (Lipinski definition) is 2. The first-order valence-corrected chi connectivity index (χ1v) is 8.97. The summed E-state index contributed by atoms with van der Waals surface area (Å²) in [7, 11) is 0. The standard InChI is InChI=1S/C20H21FN4O3/c1-12-2-7-17(13-3-5-15(21)6-4-13)25(11-12)20(28)19(27)24-16-8-14(18(22)26)9-23-10-16/h3-6,8-10,12,17H,2,7,11H2,1H3,(H2,22,26)(H,24,27)/t12-,17+/m0/s1. The number of anilines is 1. The van der Waals surface area contributed by atoms with Gasteiger partial charge < -0.3 is 16.0 Å². The second kappa shape index (κ2) is 8.16. The van der Waals surface area contributed by atoms with E-state index < -0.39 is 17.7 Å². The maximum atomic E-state index is 13.2. The second-order valence-electron chi connectivity index (χ2n) is 6.99. The van der Waals surface area contributed by atoms with Crippen molar-refractivity contribution in [2.24, 2.45) is 11.7 Å². The first-order chi connectivity index (χ1) is 13.3. The smallest absolute Gasteiger partial charge is 0.313 e. The van der Waals surface area contributed by atoms with Crippen molar-refractivity contribution in [3.8, 4) is 0 Å². The SMILES string of the molecule is C[C@H]1CC[C@H](c2ccc(F)cc2)N(C(=O)C(=O)Nc2cncc(C(N)=O)c2)C1. The van der Waals surface area contributed by atoms with Gasteiger partial charge in [0.15, 0.2) is 0 Å². The fourth-order valence-corrected chi connectivity index (χ4v) is 3.37. The van der Waals surface area contributed by atoms with E-state index in [-0.39, 0.29) is 29.0 Å². The largest absolute Gasteiger partial charge is 0.366 e. The fourth-order valence-electron chi connectivity index (χ4n) is 3.37. The number of likely N-dealkylation sites (tertiary alicyclic amines) is 1. The van der Waals surface area contributed by atoms with Crippen LogP contribution in [0.3, 0.4) is 0 Å². The molecule has 2 atom stereocenters. The van der Waals surface area contributed by atoms with Gasteiger partial charge in [0.25, 0.3) is 0 Å². The molecule has 1 aliphatic rings. The Morgan fingerprint density at radius 3 is 2.57 bits per heavy atom. The van der Waals surface area contributed by atoms with Crippen LogP contribution in [0.15, 0.2) is 42.7 Å². The van der Waals surface area contributed by atoms with Gasteiger partial charge in [0.1, 0.15) is 5.82 Å². The van der Waals surface area contributed by atoms with Gasteiger partial charge in [-0.2, -0.15) is 0 Å². The normalized spacial score (nSPS) is 19.1.